The second-order valence-electron chi connectivity index (χ2n) is 10.5. The molecule has 0 aliphatic heterocycles. The number of hydrogen-bond donors (Lipinski definition) is 2. The number of aromatic hydroxyl groups is 1. The van der Waals surface area contributed by atoms with E-state index in [0.717, 1.165) is 18.7 Å². The van der Waals surface area contributed by atoms with Crippen molar-refractivity contribution >= 4 is 5.82 Å². The minimum Gasteiger partial charge on any atom is -0.507 e. The molecule has 2 saturated carbocycles. The van der Waals surface area contributed by atoms with E-state index in [4.69, 9.17) is 0 Å². The van der Waals surface area contributed by atoms with Gasteiger partial charge in [-0.3, -0.25) is 4.79 Å². The van der Waals surface area contributed by atoms with Crippen LogP contribution in [-0.4, -0.2) is 33.4 Å². The number of aromatic amines is 1. The van der Waals surface area contributed by atoms with Crippen molar-refractivity contribution in [1.29, 1.82) is 0 Å². The van der Waals surface area contributed by atoms with Crippen LogP contribution < -0.4 is 10.5 Å². The number of halogens is 1. The van der Waals surface area contributed by atoms with E-state index in [1.54, 1.807) is 12.1 Å². The summed E-state index contributed by atoms with van der Waals surface area (Å²) >= 11 is 0. The van der Waals surface area contributed by atoms with Crippen LogP contribution >= 0.6 is 0 Å². The van der Waals surface area contributed by atoms with Gasteiger partial charge in [0.1, 0.15) is 11.6 Å². The molecule has 2 fully saturated rings. The molecule has 0 radical (unpaired) electrons. The fourth-order valence-corrected chi connectivity index (χ4v) is 6.09. The molecule has 6 nitrogen and oxygen atoms in total. The van der Waals surface area contributed by atoms with Gasteiger partial charge >= 0.3 is 0 Å². The number of nitrogens with one attached hydrogen (secondary N) is 1. The second-order valence-corrected chi connectivity index (χ2v) is 10.5. The van der Waals surface area contributed by atoms with Gasteiger partial charge in [-0.05, 0) is 78.8 Å². The smallest absolute Gasteiger partial charge is 0.248 e. The molecule has 2 aliphatic carbocycles. The Kier molecular flexibility index (Phi) is 5.03. The first-order valence-corrected chi connectivity index (χ1v) is 11.4. The van der Waals surface area contributed by atoms with Gasteiger partial charge in [-0.1, -0.05) is 13.8 Å². The van der Waals surface area contributed by atoms with Gasteiger partial charge in [0.2, 0.25) is 5.56 Å². The fraction of sp³-hybridized carbons (Fsp3) is 0.423. The number of fused-ring (bicyclic) bond motifs is 2. The standard InChI is InChI=1S/C26H29FN4O2/c1-25-7-8-26(2,15-25)14-17(13-25)31(3)23-5-4-21(29-30-23)19-11-20(27)18(12-22(19)32)16-6-9-28-24(33)10-16/h4-6,9-12,17,32H,7-8,13-15H2,1-3H3,(H,28,33)/t17?,25-,26+. The average Bonchev–Trinajstić information content (AvgIpc) is 3.01. The normalized spacial score (nSPS) is 26.4. The molecule has 2 heterocycles. The number of phenols is 1. The third kappa shape index (κ3) is 4.01. The van der Waals surface area contributed by atoms with E-state index in [1.165, 1.54) is 43.7 Å². The van der Waals surface area contributed by atoms with Crippen molar-refractivity contribution in [2.75, 3.05) is 11.9 Å². The molecule has 5 rings (SSSR count). The minimum absolute atomic E-state index is 0.119. The van der Waals surface area contributed by atoms with Gasteiger partial charge in [0, 0.05) is 36.5 Å². The topological polar surface area (TPSA) is 82.1 Å². The van der Waals surface area contributed by atoms with Gasteiger partial charge < -0.3 is 15.0 Å². The van der Waals surface area contributed by atoms with Crippen LogP contribution in [-0.2, 0) is 0 Å². The lowest BCUT2D eigenvalue weighted by Crippen LogP contribution is -2.42. The molecule has 0 spiro atoms. The third-order valence-corrected chi connectivity index (χ3v) is 7.65. The lowest BCUT2D eigenvalue weighted by atomic mass is 9.68. The first-order chi connectivity index (χ1) is 15.6. The van der Waals surface area contributed by atoms with Crippen LogP contribution in [0.1, 0.15) is 46.0 Å². The quantitative estimate of drug-likeness (QED) is 0.578. The maximum absolute atomic E-state index is 14.9. The lowest BCUT2D eigenvalue weighted by Gasteiger charge is -2.44. The number of aromatic nitrogens is 3. The van der Waals surface area contributed by atoms with Crippen LogP contribution in [0.2, 0.25) is 0 Å². The summed E-state index contributed by atoms with van der Waals surface area (Å²) < 4.78 is 14.9. The molecule has 1 aromatic carbocycles. The summed E-state index contributed by atoms with van der Waals surface area (Å²) in [6.07, 6.45) is 7.62. The Balaban J connectivity index is 1.40. The van der Waals surface area contributed by atoms with Crippen molar-refractivity contribution in [3.05, 3.63) is 58.8 Å². The highest BCUT2D eigenvalue weighted by Crippen LogP contribution is 2.58. The summed E-state index contributed by atoms with van der Waals surface area (Å²) in [7, 11) is 2.07. The summed E-state index contributed by atoms with van der Waals surface area (Å²) in [6.45, 7) is 4.80. The van der Waals surface area contributed by atoms with Crippen LogP contribution in [0.5, 0.6) is 5.75 Å². The number of nitrogens with zero attached hydrogens (tertiary/aromatic N) is 3. The number of benzene rings is 1. The van der Waals surface area contributed by atoms with E-state index in [9.17, 15) is 14.3 Å². The highest BCUT2D eigenvalue weighted by atomic mass is 19.1. The number of H-pyrrole nitrogens is 1. The van der Waals surface area contributed by atoms with Gasteiger partial charge in [0.15, 0.2) is 5.82 Å². The van der Waals surface area contributed by atoms with Crippen molar-refractivity contribution in [3.8, 4) is 28.1 Å². The average molecular weight is 449 g/mol. The van der Waals surface area contributed by atoms with Crippen molar-refractivity contribution in [3.63, 3.8) is 0 Å². The highest BCUT2D eigenvalue weighted by molar-refractivity contribution is 5.74. The summed E-state index contributed by atoms with van der Waals surface area (Å²) in [5.41, 5.74) is 1.66. The SMILES string of the molecule is CN(c1ccc(-c2cc(F)c(-c3cc[nH]c(=O)c3)cc2O)nn1)C1C[C@]2(C)CC[C@](C)(C1)C2. The molecule has 3 atom stereocenters. The fourth-order valence-electron chi connectivity index (χ4n) is 6.09. The van der Waals surface area contributed by atoms with Gasteiger partial charge in [0.05, 0.1) is 5.69 Å². The Morgan fingerprint density at radius 1 is 1.06 bits per heavy atom. The number of pyridine rings is 1. The Bertz CT molecular complexity index is 1240. The van der Waals surface area contributed by atoms with E-state index in [0.29, 0.717) is 28.1 Å². The van der Waals surface area contributed by atoms with E-state index in [2.05, 4.69) is 41.0 Å². The lowest BCUT2D eigenvalue weighted by molar-refractivity contribution is 0.148. The Morgan fingerprint density at radius 3 is 2.42 bits per heavy atom. The zero-order valence-electron chi connectivity index (χ0n) is 19.2. The molecule has 172 valence electrons. The molecular weight excluding hydrogens is 419 g/mol. The molecule has 2 N–H and O–H groups in total. The number of anilines is 1. The Labute approximate surface area is 192 Å². The molecule has 2 aliphatic rings. The zero-order valence-corrected chi connectivity index (χ0v) is 19.2. The van der Waals surface area contributed by atoms with Crippen molar-refractivity contribution in [1.82, 2.24) is 15.2 Å². The molecule has 1 unspecified atom stereocenters. The van der Waals surface area contributed by atoms with Crippen LogP contribution in [0.25, 0.3) is 22.4 Å². The van der Waals surface area contributed by atoms with Gasteiger partial charge in [0.25, 0.3) is 0 Å². The van der Waals surface area contributed by atoms with Crippen molar-refractivity contribution < 1.29 is 9.50 Å². The van der Waals surface area contributed by atoms with E-state index in [-0.39, 0.29) is 22.4 Å². The molecule has 2 bridgehead atoms. The van der Waals surface area contributed by atoms with E-state index >= 15 is 0 Å². The number of hydrogen-bond acceptors (Lipinski definition) is 5. The first-order valence-electron chi connectivity index (χ1n) is 11.4. The zero-order chi connectivity index (χ0) is 23.4. The van der Waals surface area contributed by atoms with E-state index < -0.39 is 5.82 Å². The second kappa shape index (κ2) is 7.68. The molecular formula is C26H29FN4O2. The number of phenolic OH excluding ortho intramolecular Hbond substituents is 1. The van der Waals surface area contributed by atoms with Crippen molar-refractivity contribution in [2.45, 2.75) is 52.0 Å². The van der Waals surface area contributed by atoms with Crippen molar-refractivity contribution in [2.24, 2.45) is 10.8 Å². The predicted octanol–water partition coefficient (Wildman–Crippen LogP) is 5.14. The maximum Gasteiger partial charge on any atom is 0.248 e. The summed E-state index contributed by atoms with van der Waals surface area (Å²) in [5, 5.41) is 19.3. The molecule has 0 amide bonds. The molecule has 2 aromatic heterocycles. The monoisotopic (exact) mass is 448 g/mol. The molecule has 0 saturated heterocycles. The van der Waals surface area contributed by atoms with Crippen LogP contribution in [0.4, 0.5) is 10.2 Å². The maximum atomic E-state index is 14.9. The van der Waals surface area contributed by atoms with Gasteiger partial charge in [-0.2, -0.15) is 0 Å². The number of rotatable bonds is 4. The van der Waals surface area contributed by atoms with Crippen LogP contribution in [0.15, 0.2) is 47.4 Å². The van der Waals surface area contributed by atoms with Gasteiger partial charge in [-0.25, -0.2) is 4.39 Å². The van der Waals surface area contributed by atoms with Crippen LogP contribution in [0, 0.1) is 16.6 Å². The Hall–Kier alpha value is -3.22. The molecule has 3 aromatic rings. The van der Waals surface area contributed by atoms with Gasteiger partial charge in [-0.15, -0.1) is 10.2 Å². The molecule has 7 heteroatoms. The summed E-state index contributed by atoms with van der Waals surface area (Å²) in [4.78, 5) is 16.3. The predicted molar refractivity (Wildman–Crippen MR) is 127 cm³/mol. The van der Waals surface area contributed by atoms with Crippen LogP contribution in [0.3, 0.4) is 0 Å². The minimum atomic E-state index is -0.546. The first kappa shape index (κ1) is 21.6. The Morgan fingerprint density at radius 2 is 1.79 bits per heavy atom. The largest absolute Gasteiger partial charge is 0.507 e. The highest BCUT2D eigenvalue weighted by Gasteiger charge is 2.50. The molecule has 33 heavy (non-hydrogen) atoms. The summed E-state index contributed by atoms with van der Waals surface area (Å²) in [6, 6.07) is 9.49. The van der Waals surface area contributed by atoms with E-state index in [1.807, 2.05) is 6.07 Å². The third-order valence-electron chi connectivity index (χ3n) is 7.65. The summed E-state index contributed by atoms with van der Waals surface area (Å²) in [5.74, 6) is 0.111.